The van der Waals surface area contributed by atoms with E-state index in [0.29, 0.717) is 0 Å². The van der Waals surface area contributed by atoms with Crippen LogP contribution >= 0.6 is 0 Å². The molecule has 0 amide bonds. The van der Waals surface area contributed by atoms with Gasteiger partial charge in [-0.15, -0.1) is 0 Å². The van der Waals surface area contributed by atoms with Gasteiger partial charge < -0.3 is 4.74 Å². The minimum atomic E-state index is -8.44. The molecule has 184 valence electrons. The van der Waals surface area contributed by atoms with Crippen molar-refractivity contribution in [2.24, 2.45) is 0 Å². The number of esters is 1. The van der Waals surface area contributed by atoms with Crippen molar-refractivity contribution in [3.63, 3.8) is 0 Å². The Morgan fingerprint density at radius 3 is 1.42 bits per heavy atom. The monoisotopic (exact) mass is 500 g/mol. The van der Waals surface area contributed by atoms with E-state index < -0.39 is 66.9 Å². The second kappa shape index (κ2) is 8.22. The molecule has 0 aliphatic rings. The van der Waals surface area contributed by atoms with E-state index in [0.717, 1.165) is 0 Å². The normalized spacial score (nSPS) is 15.3. The number of hydrogen-bond donors (Lipinski definition) is 0. The van der Waals surface area contributed by atoms with Crippen LogP contribution in [-0.2, 0) is 9.53 Å². The molecule has 31 heavy (non-hydrogen) atoms. The van der Waals surface area contributed by atoms with Gasteiger partial charge in [0.25, 0.3) is 0 Å². The third kappa shape index (κ3) is 4.25. The molecule has 0 fully saturated rings. The van der Waals surface area contributed by atoms with E-state index in [2.05, 4.69) is 11.3 Å². The molecule has 0 heterocycles. The highest BCUT2D eigenvalue weighted by Gasteiger charge is 2.93. The Bertz CT molecular complexity index is 668. The van der Waals surface area contributed by atoms with Crippen LogP contribution in [0.5, 0.6) is 0 Å². The van der Waals surface area contributed by atoms with Gasteiger partial charge in [0, 0.05) is 6.08 Å². The van der Waals surface area contributed by atoms with Gasteiger partial charge in [0.05, 0.1) is 13.0 Å². The van der Waals surface area contributed by atoms with Crippen LogP contribution in [0.1, 0.15) is 6.42 Å². The summed E-state index contributed by atoms with van der Waals surface area (Å²) in [5.74, 6) is -56.5. The van der Waals surface area contributed by atoms with Gasteiger partial charge in [-0.3, -0.25) is 0 Å². The summed E-state index contributed by atoms with van der Waals surface area (Å²) in [6.45, 7) is 0.740. The molecule has 0 rings (SSSR count). The fourth-order valence-corrected chi connectivity index (χ4v) is 1.66. The molecule has 0 N–H and O–H groups in total. The Morgan fingerprint density at radius 1 is 0.710 bits per heavy atom. The minimum Gasteiger partial charge on any atom is -0.462 e. The maximum Gasteiger partial charge on any atom is 0.384 e. The molecule has 0 aliphatic heterocycles. The first-order valence-electron chi connectivity index (χ1n) is 7.12. The van der Waals surface area contributed by atoms with Crippen LogP contribution in [0, 0.1) is 0 Å². The molecule has 0 aliphatic carbocycles. The Labute approximate surface area is 160 Å². The van der Waals surface area contributed by atoms with E-state index in [-0.39, 0.29) is 6.08 Å². The summed E-state index contributed by atoms with van der Waals surface area (Å²) < 4.78 is 212. The van der Waals surface area contributed by atoms with E-state index >= 15 is 0 Å². The van der Waals surface area contributed by atoms with Crippen LogP contribution in [0.4, 0.5) is 70.2 Å². The predicted molar refractivity (Wildman–Crippen MR) is 66.4 cm³/mol. The Morgan fingerprint density at radius 2 is 1.06 bits per heavy atom. The van der Waals surface area contributed by atoms with Gasteiger partial charge in [0.2, 0.25) is 0 Å². The second-order valence-corrected chi connectivity index (χ2v) is 5.62. The van der Waals surface area contributed by atoms with Crippen LogP contribution in [-0.4, -0.2) is 60.5 Å². The van der Waals surface area contributed by atoms with Gasteiger partial charge in [-0.05, 0) is 0 Å². The molecule has 0 atom stereocenters. The first kappa shape index (κ1) is 29.1. The van der Waals surface area contributed by atoms with Crippen LogP contribution in [0.2, 0.25) is 0 Å². The maximum atomic E-state index is 13.4. The van der Waals surface area contributed by atoms with Crippen LogP contribution in [0.3, 0.4) is 0 Å². The number of ether oxygens (including phenoxy) is 1. The van der Waals surface area contributed by atoms with Gasteiger partial charge in [-0.2, -0.15) is 61.5 Å². The lowest BCUT2D eigenvalue weighted by Gasteiger charge is -2.42. The van der Waals surface area contributed by atoms with Gasteiger partial charge in [-0.1, -0.05) is 6.58 Å². The van der Waals surface area contributed by atoms with E-state index in [1.807, 2.05) is 0 Å². The van der Waals surface area contributed by atoms with E-state index in [1.54, 1.807) is 0 Å². The Kier molecular flexibility index (Phi) is 7.71. The van der Waals surface area contributed by atoms with Gasteiger partial charge >= 0.3 is 53.9 Å². The van der Waals surface area contributed by atoms with Crippen molar-refractivity contribution < 1.29 is 79.8 Å². The molecule has 0 aromatic heterocycles. The van der Waals surface area contributed by atoms with Crippen LogP contribution in [0.15, 0.2) is 12.7 Å². The fraction of sp³-hybridized carbons (Fsp3) is 0.769. The smallest absolute Gasteiger partial charge is 0.384 e. The van der Waals surface area contributed by atoms with Crippen molar-refractivity contribution in [1.29, 1.82) is 0 Å². The summed E-state index contributed by atoms with van der Waals surface area (Å²) in [6, 6.07) is 0. The average molecular weight is 500 g/mol. The molecule has 0 spiro atoms. The molecule has 0 saturated carbocycles. The van der Waals surface area contributed by atoms with Gasteiger partial charge in [-0.25, -0.2) is 13.6 Å². The third-order valence-corrected chi connectivity index (χ3v) is 3.56. The van der Waals surface area contributed by atoms with Crippen LogP contribution in [0.25, 0.3) is 0 Å². The lowest BCUT2D eigenvalue weighted by atomic mass is 9.88. The topological polar surface area (TPSA) is 26.3 Å². The third-order valence-electron chi connectivity index (χ3n) is 3.56. The molecule has 18 heteroatoms. The quantitative estimate of drug-likeness (QED) is 0.203. The van der Waals surface area contributed by atoms with Crippen molar-refractivity contribution in [2.75, 3.05) is 6.61 Å². The highest BCUT2D eigenvalue weighted by atomic mass is 19.4. The summed E-state index contributed by atoms with van der Waals surface area (Å²) in [6.07, 6.45) is -8.44. The van der Waals surface area contributed by atoms with E-state index in [1.165, 1.54) is 0 Å². The second-order valence-electron chi connectivity index (χ2n) is 5.62. The van der Waals surface area contributed by atoms with Crippen molar-refractivity contribution in [2.45, 2.75) is 54.3 Å². The lowest BCUT2D eigenvalue weighted by Crippen LogP contribution is -2.73. The first-order valence-corrected chi connectivity index (χ1v) is 7.12. The number of hydrogen-bond acceptors (Lipinski definition) is 2. The van der Waals surface area contributed by atoms with E-state index in [9.17, 15) is 75.0 Å². The van der Waals surface area contributed by atoms with Crippen LogP contribution < -0.4 is 0 Å². The van der Waals surface area contributed by atoms with Crippen molar-refractivity contribution in [3.05, 3.63) is 12.7 Å². The van der Waals surface area contributed by atoms with Crippen molar-refractivity contribution in [3.8, 4) is 0 Å². The highest BCUT2D eigenvalue weighted by Crippen LogP contribution is 2.63. The summed E-state index contributed by atoms with van der Waals surface area (Å²) in [5, 5.41) is 0. The van der Waals surface area contributed by atoms with E-state index in [4.69, 9.17) is 0 Å². The molecule has 0 radical (unpaired) electrons. The summed E-state index contributed by atoms with van der Waals surface area (Å²) in [4.78, 5) is 10.5. The summed E-state index contributed by atoms with van der Waals surface area (Å²) in [7, 11) is 0. The molecular weight excluding hydrogens is 492 g/mol. The number of alkyl halides is 16. The molecule has 2 nitrogen and oxygen atoms in total. The Balaban J connectivity index is 6.30. The molecule has 0 saturated heterocycles. The molecular formula is C13H8F16O2. The first-order chi connectivity index (χ1) is 13.4. The zero-order chi connectivity index (χ0) is 25.5. The number of rotatable bonds is 11. The zero-order valence-electron chi connectivity index (χ0n) is 14.1. The Hall–Kier alpha value is -1.91. The SMILES string of the molecule is C=CC(=O)OCCC(F)(F)C(F)(F)C(F)(F)C(F)(F)C(F)(F)C(F)(F)C(F)(F)C(F)F. The fourth-order valence-electron chi connectivity index (χ4n) is 1.66. The lowest BCUT2D eigenvalue weighted by molar-refractivity contribution is -0.447. The predicted octanol–water partition coefficient (Wildman–Crippen LogP) is 5.82. The average Bonchev–Trinajstić information content (AvgIpc) is 2.59. The minimum absolute atomic E-state index is 0.227. The zero-order valence-corrected chi connectivity index (χ0v) is 14.1. The van der Waals surface area contributed by atoms with Crippen molar-refractivity contribution in [1.82, 2.24) is 0 Å². The number of carbonyl (C=O) groups is 1. The molecule has 0 bridgehead atoms. The largest absolute Gasteiger partial charge is 0.462 e. The van der Waals surface area contributed by atoms with Gasteiger partial charge in [0.15, 0.2) is 0 Å². The number of halogens is 16. The maximum absolute atomic E-state index is 13.4. The summed E-state index contributed by atoms with van der Waals surface area (Å²) in [5.41, 5.74) is 0. The number of carbonyl (C=O) groups excluding carboxylic acids is 1. The summed E-state index contributed by atoms with van der Waals surface area (Å²) >= 11 is 0. The highest BCUT2D eigenvalue weighted by molar-refractivity contribution is 5.81. The molecule has 0 aromatic carbocycles. The molecule has 0 unspecified atom stereocenters. The molecule has 0 aromatic rings. The van der Waals surface area contributed by atoms with Gasteiger partial charge in [0.1, 0.15) is 0 Å². The standard InChI is InChI=1S/C13H8F16O2/c1-2-5(30)31-4-3-7(16,17)9(20,21)11(24,25)13(28,29)12(26,27)10(22,23)8(18,19)6(14)15/h2,6H,1,3-4H2. The van der Waals surface area contributed by atoms with Crippen molar-refractivity contribution >= 4 is 5.97 Å².